The fourth-order valence-electron chi connectivity index (χ4n) is 0. The number of nitro groups is 1. The molecule has 0 aliphatic rings. The molecule has 4 nitrogen and oxygen atoms in total. The van der Waals surface area contributed by atoms with E-state index in [1.807, 2.05) is 6.92 Å². The van der Waals surface area contributed by atoms with Crippen LogP contribution in [0.1, 0.15) is 13.3 Å². The quantitative estimate of drug-likeness (QED) is 0.286. The maximum absolute atomic E-state index is 9.17. The van der Waals surface area contributed by atoms with Gasteiger partial charge in [0.1, 0.15) is 6.29 Å². The normalized spacial score (nSPS) is 6.25. The van der Waals surface area contributed by atoms with E-state index in [4.69, 9.17) is 10.1 Å². The molecule has 0 bridgehead atoms. The summed E-state index contributed by atoms with van der Waals surface area (Å²) < 4.78 is 0. The smallest absolute Gasteiger partial charge is 0.194 e. The van der Waals surface area contributed by atoms with Gasteiger partial charge in [-0.2, -0.15) is 0 Å². The van der Waals surface area contributed by atoms with Crippen LogP contribution >= 0.6 is 0 Å². The number of hydrogen-bond donors (Lipinski definition) is 0. The highest BCUT2D eigenvalue weighted by atomic mass is 16.6. The van der Waals surface area contributed by atoms with E-state index in [1.165, 1.54) is 0 Å². The van der Waals surface area contributed by atoms with E-state index < -0.39 is 4.92 Å². The van der Waals surface area contributed by atoms with Gasteiger partial charge in [0.15, 0.2) is 7.05 Å². The number of nitrogens with zero attached hydrogens (tertiary/aromatic N) is 1. The van der Waals surface area contributed by atoms with Gasteiger partial charge in [-0.1, -0.05) is 6.92 Å². The van der Waals surface area contributed by atoms with Crippen molar-refractivity contribution >= 4 is 6.29 Å². The number of hydrogen-bond acceptors (Lipinski definition) is 3. The summed E-state index contributed by atoms with van der Waals surface area (Å²) in [6.07, 6.45) is 1.51. The molecule has 0 amide bonds. The molecule has 0 aromatic carbocycles. The SMILES string of the molecule is CCC=O.C[N+](=O)[O-]. The van der Waals surface area contributed by atoms with Gasteiger partial charge in [0, 0.05) is 11.3 Å². The maximum atomic E-state index is 9.17. The van der Waals surface area contributed by atoms with Crippen LogP contribution in [-0.4, -0.2) is 18.3 Å². The van der Waals surface area contributed by atoms with Gasteiger partial charge in [-0.05, 0) is 0 Å². The number of carbonyl (C=O) groups excluding carboxylic acids is 1. The lowest BCUT2D eigenvalue weighted by Crippen LogP contribution is -1.79. The molecular formula is C4H9NO3. The molecule has 48 valence electrons. The Balaban J connectivity index is 0. The van der Waals surface area contributed by atoms with Crippen molar-refractivity contribution in [1.82, 2.24) is 0 Å². The molecule has 0 spiro atoms. The predicted octanol–water partition coefficient (Wildman–Crippen LogP) is 0.488. The number of aldehydes is 1. The largest absolute Gasteiger partial charge is 0.303 e. The Hall–Kier alpha value is -0.930. The molecule has 8 heavy (non-hydrogen) atoms. The molecule has 0 fully saturated rings. The zero-order valence-corrected chi connectivity index (χ0v) is 4.96. The third-order valence-corrected chi connectivity index (χ3v) is 0.167. The van der Waals surface area contributed by atoms with E-state index in [-0.39, 0.29) is 0 Å². The molecule has 0 atom stereocenters. The molecule has 0 unspecified atom stereocenters. The van der Waals surface area contributed by atoms with Crippen molar-refractivity contribution < 1.29 is 9.72 Å². The summed E-state index contributed by atoms with van der Waals surface area (Å²) in [6.45, 7) is 1.81. The first-order valence-electron chi connectivity index (χ1n) is 2.16. The summed E-state index contributed by atoms with van der Waals surface area (Å²) in [6, 6.07) is 0. The van der Waals surface area contributed by atoms with E-state index in [2.05, 4.69) is 0 Å². The van der Waals surface area contributed by atoms with E-state index in [1.54, 1.807) is 0 Å². The minimum Gasteiger partial charge on any atom is -0.303 e. The van der Waals surface area contributed by atoms with Gasteiger partial charge in [0.25, 0.3) is 0 Å². The van der Waals surface area contributed by atoms with Crippen molar-refractivity contribution in [1.29, 1.82) is 0 Å². The molecule has 0 rings (SSSR count). The fraction of sp³-hybridized carbons (Fsp3) is 0.750. The van der Waals surface area contributed by atoms with E-state index in [0.717, 1.165) is 13.3 Å². The van der Waals surface area contributed by atoms with E-state index in [0.29, 0.717) is 6.42 Å². The molecule has 0 aliphatic heterocycles. The molecule has 0 N–H and O–H groups in total. The van der Waals surface area contributed by atoms with Gasteiger partial charge in [0.2, 0.25) is 0 Å². The summed E-state index contributed by atoms with van der Waals surface area (Å²) in [7, 11) is 0.889. The lowest BCUT2D eigenvalue weighted by Gasteiger charge is -1.63. The first-order chi connectivity index (χ1) is 3.65. The number of carbonyl (C=O) groups is 1. The minimum atomic E-state index is -0.500. The van der Waals surface area contributed by atoms with Crippen molar-refractivity contribution in [2.24, 2.45) is 0 Å². The van der Waals surface area contributed by atoms with Crippen LogP contribution < -0.4 is 0 Å². The first-order valence-corrected chi connectivity index (χ1v) is 2.16. The van der Waals surface area contributed by atoms with Crippen LogP contribution in [-0.2, 0) is 4.79 Å². The molecule has 0 saturated carbocycles. The summed E-state index contributed by atoms with van der Waals surface area (Å²) in [5, 5.41) is 8.81. The van der Waals surface area contributed by atoms with Crippen molar-refractivity contribution in [2.45, 2.75) is 13.3 Å². The highest BCUT2D eigenvalue weighted by Gasteiger charge is 1.57. The van der Waals surface area contributed by atoms with Crippen LogP contribution in [0.2, 0.25) is 0 Å². The highest BCUT2D eigenvalue weighted by Crippen LogP contribution is 1.53. The monoisotopic (exact) mass is 119 g/mol. The average Bonchev–Trinajstić information content (AvgIpc) is 1.65. The van der Waals surface area contributed by atoms with Crippen LogP contribution in [0.3, 0.4) is 0 Å². The van der Waals surface area contributed by atoms with Crippen LogP contribution in [0.25, 0.3) is 0 Å². The average molecular weight is 119 g/mol. The molecule has 4 heteroatoms. The van der Waals surface area contributed by atoms with Crippen LogP contribution in [0.15, 0.2) is 0 Å². The van der Waals surface area contributed by atoms with Gasteiger partial charge >= 0.3 is 0 Å². The Morgan fingerprint density at radius 1 is 1.75 bits per heavy atom. The molecule has 0 aromatic rings. The second-order valence-electron chi connectivity index (χ2n) is 1.01. The number of rotatable bonds is 1. The fourth-order valence-corrected chi connectivity index (χ4v) is 0. The second-order valence-corrected chi connectivity index (χ2v) is 1.01. The van der Waals surface area contributed by atoms with Gasteiger partial charge in [-0.3, -0.25) is 10.1 Å². The Bertz CT molecular complexity index is 67.7. The summed E-state index contributed by atoms with van der Waals surface area (Å²) in [5.41, 5.74) is 0. The topological polar surface area (TPSA) is 60.2 Å². The molecule has 0 aromatic heterocycles. The molecule has 0 saturated heterocycles. The van der Waals surface area contributed by atoms with Crippen molar-refractivity contribution in [3.63, 3.8) is 0 Å². The minimum absolute atomic E-state index is 0.500. The van der Waals surface area contributed by atoms with Gasteiger partial charge in [-0.15, -0.1) is 0 Å². The Morgan fingerprint density at radius 3 is 1.88 bits per heavy atom. The molecule has 0 radical (unpaired) electrons. The van der Waals surface area contributed by atoms with E-state index >= 15 is 0 Å². The van der Waals surface area contributed by atoms with Crippen molar-refractivity contribution in [3.05, 3.63) is 10.1 Å². The zero-order valence-electron chi connectivity index (χ0n) is 4.96. The standard InChI is InChI=1S/C3H6O.CH3NO2/c1-2-3-4;1-2(3)4/h3H,2H2,1H3;1H3. The third-order valence-electron chi connectivity index (χ3n) is 0.167. The van der Waals surface area contributed by atoms with Crippen molar-refractivity contribution in [2.75, 3.05) is 7.05 Å². The zero-order chi connectivity index (χ0) is 6.99. The third kappa shape index (κ3) is 17100. The van der Waals surface area contributed by atoms with Gasteiger partial charge < -0.3 is 4.79 Å². The second kappa shape index (κ2) is 9.42. The molecular weight excluding hydrogens is 110 g/mol. The summed E-state index contributed by atoms with van der Waals surface area (Å²) >= 11 is 0. The van der Waals surface area contributed by atoms with Crippen LogP contribution in [0.4, 0.5) is 0 Å². The van der Waals surface area contributed by atoms with Crippen LogP contribution in [0, 0.1) is 10.1 Å². The summed E-state index contributed by atoms with van der Waals surface area (Å²) in [5.74, 6) is 0. The Labute approximate surface area is 47.7 Å². The Morgan fingerprint density at radius 2 is 1.88 bits per heavy atom. The van der Waals surface area contributed by atoms with Crippen molar-refractivity contribution in [3.8, 4) is 0 Å². The molecule has 0 heterocycles. The molecule has 0 aliphatic carbocycles. The first kappa shape index (κ1) is 10.1. The highest BCUT2D eigenvalue weighted by molar-refractivity contribution is 5.48. The lowest BCUT2D eigenvalue weighted by atomic mass is 10.6. The van der Waals surface area contributed by atoms with E-state index in [9.17, 15) is 4.79 Å². The Kier molecular flexibility index (Phi) is 11.9. The van der Waals surface area contributed by atoms with Gasteiger partial charge in [-0.25, -0.2) is 0 Å². The predicted molar refractivity (Wildman–Crippen MR) is 29.3 cm³/mol. The summed E-state index contributed by atoms with van der Waals surface area (Å²) in [4.78, 5) is 17.5. The maximum Gasteiger partial charge on any atom is 0.194 e. The van der Waals surface area contributed by atoms with Gasteiger partial charge in [0.05, 0.1) is 0 Å². The lowest BCUT2D eigenvalue weighted by molar-refractivity contribution is -0.445. The van der Waals surface area contributed by atoms with Crippen LogP contribution in [0.5, 0.6) is 0 Å².